The summed E-state index contributed by atoms with van der Waals surface area (Å²) < 4.78 is 0. The Hall–Kier alpha value is -0.640. The van der Waals surface area contributed by atoms with E-state index in [2.05, 4.69) is 18.9 Å². The van der Waals surface area contributed by atoms with Crippen LogP contribution in [0.5, 0.6) is 0 Å². The van der Waals surface area contributed by atoms with Gasteiger partial charge < -0.3 is 0 Å². The highest BCUT2D eigenvalue weighted by Crippen LogP contribution is 2.11. The first-order valence-electron chi connectivity index (χ1n) is 7.06. The molecule has 0 aromatic carbocycles. The standard InChI is InChI=1S/C15H28N/c1-2-3-4-5-6-7-8-9-10-11-12-13-14-15-16/h16H,2-13H2,1H3. The third-order valence-corrected chi connectivity index (χ3v) is 2.99. The third kappa shape index (κ3) is 13.4. The molecule has 1 nitrogen and oxygen atoms in total. The smallest absolute Gasteiger partial charge is 0.0254 e. The van der Waals surface area contributed by atoms with Crippen molar-refractivity contribution >= 4 is 0 Å². The molecule has 0 aliphatic carbocycles. The maximum absolute atomic E-state index is 6.68. The summed E-state index contributed by atoms with van der Waals surface area (Å²) in [6.07, 6.45) is 16.1. The molecule has 1 radical (unpaired) electrons. The fourth-order valence-corrected chi connectivity index (χ4v) is 1.94. The highest BCUT2D eigenvalue weighted by Gasteiger charge is 1.92. The van der Waals surface area contributed by atoms with E-state index >= 15 is 0 Å². The van der Waals surface area contributed by atoms with Crippen LogP contribution < -0.4 is 5.73 Å². The van der Waals surface area contributed by atoms with Crippen LogP contribution in [0.15, 0.2) is 0 Å². The number of rotatable bonds is 11. The minimum Gasteiger partial charge on any atom is -0.252 e. The van der Waals surface area contributed by atoms with Crippen LogP contribution in [0.2, 0.25) is 0 Å². The molecule has 0 fully saturated rings. The maximum atomic E-state index is 6.68. The molecule has 0 aromatic rings. The van der Waals surface area contributed by atoms with Crippen molar-refractivity contribution in [1.29, 1.82) is 0 Å². The van der Waals surface area contributed by atoms with Gasteiger partial charge in [-0.1, -0.05) is 77.1 Å². The SMILES string of the molecule is CCCCCCCCCCCCCC#C[NH]. The zero-order valence-electron chi connectivity index (χ0n) is 11.0. The van der Waals surface area contributed by atoms with E-state index in [1.54, 1.807) is 0 Å². The summed E-state index contributed by atoms with van der Waals surface area (Å²) in [4.78, 5) is 0. The molecule has 93 valence electrons. The zero-order valence-corrected chi connectivity index (χ0v) is 11.0. The van der Waals surface area contributed by atoms with Crippen LogP contribution in [0.4, 0.5) is 0 Å². The van der Waals surface area contributed by atoms with E-state index in [0.29, 0.717) is 0 Å². The van der Waals surface area contributed by atoms with Gasteiger partial charge in [0, 0.05) is 12.5 Å². The van der Waals surface area contributed by atoms with E-state index in [0.717, 1.165) is 6.42 Å². The van der Waals surface area contributed by atoms with Crippen molar-refractivity contribution < 1.29 is 0 Å². The molecule has 0 bridgehead atoms. The van der Waals surface area contributed by atoms with Crippen LogP contribution in [-0.2, 0) is 0 Å². The van der Waals surface area contributed by atoms with E-state index in [4.69, 9.17) is 5.73 Å². The summed E-state index contributed by atoms with van der Waals surface area (Å²) in [6, 6.07) is 2.20. The lowest BCUT2D eigenvalue weighted by Gasteiger charge is -2.01. The quantitative estimate of drug-likeness (QED) is 0.349. The highest BCUT2D eigenvalue weighted by atomic mass is 14.4. The van der Waals surface area contributed by atoms with Crippen molar-refractivity contribution in [3.8, 4) is 12.0 Å². The van der Waals surface area contributed by atoms with Crippen molar-refractivity contribution in [2.24, 2.45) is 0 Å². The van der Waals surface area contributed by atoms with Gasteiger partial charge in [0.25, 0.3) is 0 Å². The number of unbranched alkanes of at least 4 members (excludes halogenated alkanes) is 11. The molecule has 0 aliphatic heterocycles. The van der Waals surface area contributed by atoms with Gasteiger partial charge in [0.1, 0.15) is 0 Å². The van der Waals surface area contributed by atoms with Crippen LogP contribution in [0.1, 0.15) is 84.0 Å². The Morgan fingerprint density at radius 2 is 1.12 bits per heavy atom. The van der Waals surface area contributed by atoms with Crippen molar-refractivity contribution in [3.05, 3.63) is 0 Å². The molecule has 0 atom stereocenters. The van der Waals surface area contributed by atoms with Gasteiger partial charge in [-0.25, -0.2) is 0 Å². The molecule has 0 saturated heterocycles. The van der Waals surface area contributed by atoms with Gasteiger partial charge in [0.2, 0.25) is 0 Å². The average Bonchev–Trinajstić information content (AvgIpc) is 2.31. The van der Waals surface area contributed by atoms with Crippen molar-refractivity contribution in [1.82, 2.24) is 5.73 Å². The van der Waals surface area contributed by atoms with Gasteiger partial charge in [0.05, 0.1) is 0 Å². The molecule has 16 heavy (non-hydrogen) atoms. The molecule has 1 N–H and O–H groups in total. The monoisotopic (exact) mass is 222 g/mol. The number of hydrogen-bond acceptors (Lipinski definition) is 0. The second kappa shape index (κ2) is 14.4. The molecule has 0 rings (SSSR count). The summed E-state index contributed by atoms with van der Waals surface area (Å²) in [7, 11) is 0. The topological polar surface area (TPSA) is 23.8 Å². The average molecular weight is 222 g/mol. The molecule has 0 unspecified atom stereocenters. The molecule has 1 heteroatoms. The summed E-state index contributed by atoms with van der Waals surface area (Å²) in [5, 5.41) is 0. The lowest BCUT2D eigenvalue weighted by atomic mass is 10.1. The summed E-state index contributed by atoms with van der Waals surface area (Å²) in [5.74, 6) is 2.80. The molecule has 0 spiro atoms. The molecule has 0 aliphatic rings. The molecule has 0 aromatic heterocycles. The van der Waals surface area contributed by atoms with Crippen LogP contribution in [0.25, 0.3) is 0 Å². The minimum atomic E-state index is 0.917. The van der Waals surface area contributed by atoms with Gasteiger partial charge >= 0.3 is 0 Å². The highest BCUT2D eigenvalue weighted by molar-refractivity contribution is 4.92. The van der Waals surface area contributed by atoms with Crippen LogP contribution in [-0.4, -0.2) is 0 Å². The van der Waals surface area contributed by atoms with Gasteiger partial charge in [0.15, 0.2) is 0 Å². The fourth-order valence-electron chi connectivity index (χ4n) is 1.94. The summed E-state index contributed by atoms with van der Waals surface area (Å²) in [5.41, 5.74) is 6.68. The lowest BCUT2D eigenvalue weighted by molar-refractivity contribution is 0.551. The Kier molecular flexibility index (Phi) is 13.8. The Morgan fingerprint density at radius 3 is 1.56 bits per heavy atom. The predicted molar refractivity (Wildman–Crippen MR) is 72.0 cm³/mol. The van der Waals surface area contributed by atoms with E-state index < -0.39 is 0 Å². The van der Waals surface area contributed by atoms with Crippen LogP contribution in [0, 0.1) is 12.0 Å². The molecule has 0 saturated carbocycles. The second-order valence-corrected chi connectivity index (χ2v) is 4.59. The lowest BCUT2D eigenvalue weighted by Crippen LogP contribution is -1.82. The van der Waals surface area contributed by atoms with Crippen LogP contribution in [0.3, 0.4) is 0 Å². The third-order valence-electron chi connectivity index (χ3n) is 2.99. The van der Waals surface area contributed by atoms with E-state index in [1.807, 2.05) is 0 Å². The van der Waals surface area contributed by atoms with Crippen molar-refractivity contribution in [2.45, 2.75) is 84.0 Å². The Balaban J connectivity index is 2.89. The van der Waals surface area contributed by atoms with E-state index in [1.165, 1.54) is 70.6 Å². The molecular weight excluding hydrogens is 194 g/mol. The van der Waals surface area contributed by atoms with Crippen LogP contribution >= 0.6 is 0 Å². The second-order valence-electron chi connectivity index (χ2n) is 4.59. The normalized spacial score (nSPS) is 9.81. The minimum absolute atomic E-state index is 0.917. The van der Waals surface area contributed by atoms with E-state index in [9.17, 15) is 0 Å². The van der Waals surface area contributed by atoms with Gasteiger partial charge in [-0.3, -0.25) is 5.73 Å². The maximum Gasteiger partial charge on any atom is 0.0254 e. The van der Waals surface area contributed by atoms with Crippen molar-refractivity contribution in [3.63, 3.8) is 0 Å². The van der Waals surface area contributed by atoms with E-state index in [-0.39, 0.29) is 0 Å². The number of nitrogens with one attached hydrogen (secondary N) is 1. The van der Waals surface area contributed by atoms with Crippen molar-refractivity contribution in [2.75, 3.05) is 0 Å². The molecule has 0 heterocycles. The van der Waals surface area contributed by atoms with Gasteiger partial charge in [-0.15, -0.1) is 0 Å². The Bertz CT molecular complexity index is 176. The van der Waals surface area contributed by atoms with Gasteiger partial charge in [-0.2, -0.15) is 0 Å². The Labute approximate surface area is 102 Å². The Morgan fingerprint density at radius 1 is 0.688 bits per heavy atom. The van der Waals surface area contributed by atoms with Gasteiger partial charge in [-0.05, 0) is 6.42 Å². The summed E-state index contributed by atoms with van der Waals surface area (Å²) in [6.45, 7) is 2.27. The first kappa shape index (κ1) is 15.4. The number of hydrogen-bond donors (Lipinski definition) is 0. The predicted octanol–water partition coefficient (Wildman–Crippen LogP) is 4.93. The first-order valence-corrected chi connectivity index (χ1v) is 7.06. The largest absolute Gasteiger partial charge is 0.252 e. The molecular formula is C15H28N. The summed E-state index contributed by atoms with van der Waals surface area (Å²) >= 11 is 0. The first-order chi connectivity index (χ1) is 7.91. The molecule has 0 amide bonds. The zero-order chi connectivity index (χ0) is 11.9. The fraction of sp³-hybridized carbons (Fsp3) is 0.867.